The maximum Gasteiger partial charge on any atom is 0.205 e. The maximum atomic E-state index is 8.42. The predicted octanol–water partition coefficient (Wildman–Crippen LogP) is 2.37. The molecule has 0 radical (unpaired) electrons. The van der Waals surface area contributed by atoms with Gasteiger partial charge in [0.15, 0.2) is 0 Å². The Bertz CT molecular complexity index is 364. The molecule has 0 amide bonds. The van der Waals surface area contributed by atoms with E-state index in [1.807, 2.05) is 17.5 Å². The summed E-state index contributed by atoms with van der Waals surface area (Å²) in [6, 6.07) is 5.55. The summed E-state index contributed by atoms with van der Waals surface area (Å²) >= 11 is 1.58. The number of nitriles is 1. The average molecular weight is 149 g/mol. The molecule has 0 saturated heterocycles. The molecule has 2 aromatic heterocycles. The Morgan fingerprint density at radius 2 is 2.50 bits per heavy atom. The molecule has 2 rings (SSSR count). The summed E-state index contributed by atoms with van der Waals surface area (Å²) in [6.07, 6.45) is 0. The number of nitrogens with zero attached hydrogens (tertiary/aromatic N) is 1. The van der Waals surface area contributed by atoms with Crippen LogP contribution in [0.4, 0.5) is 0 Å². The first kappa shape index (κ1) is 5.51. The number of furan rings is 1. The van der Waals surface area contributed by atoms with Gasteiger partial charge >= 0.3 is 0 Å². The van der Waals surface area contributed by atoms with Gasteiger partial charge in [0.2, 0.25) is 5.76 Å². The van der Waals surface area contributed by atoms with Crippen molar-refractivity contribution in [2.45, 2.75) is 0 Å². The zero-order chi connectivity index (χ0) is 6.97. The summed E-state index contributed by atoms with van der Waals surface area (Å²) in [6.45, 7) is 0. The van der Waals surface area contributed by atoms with Crippen molar-refractivity contribution in [2.24, 2.45) is 0 Å². The van der Waals surface area contributed by atoms with Crippen molar-refractivity contribution < 1.29 is 4.42 Å². The Morgan fingerprint density at radius 1 is 1.60 bits per heavy atom. The first-order chi connectivity index (χ1) is 4.90. The average Bonchev–Trinajstić information content (AvgIpc) is 2.42. The summed E-state index contributed by atoms with van der Waals surface area (Å²) < 4.78 is 6.14. The van der Waals surface area contributed by atoms with Crippen LogP contribution >= 0.6 is 11.3 Å². The van der Waals surface area contributed by atoms with E-state index in [4.69, 9.17) is 9.68 Å². The largest absolute Gasteiger partial charge is 0.445 e. The number of thiophene rings is 1. The molecule has 0 bridgehead atoms. The van der Waals surface area contributed by atoms with Gasteiger partial charge in [0.25, 0.3) is 0 Å². The van der Waals surface area contributed by atoms with Crippen molar-refractivity contribution in [2.75, 3.05) is 0 Å². The van der Waals surface area contributed by atoms with Crippen molar-refractivity contribution in [1.82, 2.24) is 0 Å². The summed E-state index contributed by atoms with van der Waals surface area (Å²) in [5, 5.41) is 10.4. The second-order valence-electron chi connectivity index (χ2n) is 1.87. The SMILES string of the molecule is N#Cc1cc2sccc2o1. The van der Waals surface area contributed by atoms with E-state index in [1.54, 1.807) is 17.4 Å². The van der Waals surface area contributed by atoms with E-state index in [9.17, 15) is 0 Å². The second-order valence-corrected chi connectivity index (χ2v) is 2.82. The Morgan fingerprint density at radius 3 is 3.20 bits per heavy atom. The van der Waals surface area contributed by atoms with Gasteiger partial charge in [0.05, 0.1) is 4.70 Å². The van der Waals surface area contributed by atoms with Crippen molar-refractivity contribution >= 4 is 21.6 Å². The lowest BCUT2D eigenvalue weighted by molar-refractivity contribution is 0.600. The highest BCUT2D eigenvalue weighted by molar-refractivity contribution is 7.17. The van der Waals surface area contributed by atoms with Gasteiger partial charge in [0, 0.05) is 6.07 Å². The standard InChI is InChI=1S/C7H3NOS/c8-4-5-3-7-6(9-5)1-2-10-7/h1-3H. The van der Waals surface area contributed by atoms with Gasteiger partial charge < -0.3 is 4.42 Å². The van der Waals surface area contributed by atoms with E-state index in [0.717, 1.165) is 10.3 Å². The topological polar surface area (TPSA) is 36.9 Å². The molecule has 0 aliphatic carbocycles. The van der Waals surface area contributed by atoms with Crippen LogP contribution in [0, 0.1) is 11.3 Å². The molecule has 0 aliphatic heterocycles. The van der Waals surface area contributed by atoms with Crippen molar-refractivity contribution in [3.8, 4) is 6.07 Å². The number of fused-ring (bicyclic) bond motifs is 1. The van der Waals surface area contributed by atoms with E-state index in [1.165, 1.54) is 0 Å². The third-order valence-electron chi connectivity index (χ3n) is 1.25. The van der Waals surface area contributed by atoms with Crippen LogP contribution in [0.15, 0.2) is 21.9 Å². The molecule has 3 heteroatoms. The summed E-state index contributed by atoms with van der Waals surface area (Å²) in [7, 11) is 0. The maximum absolute atomic E-state index is 8.42. The van der Waals surface area contributed by atoms with E-state index < -0.39 is 0 Å². The highest BCUT2D eigenvalue weighted by Gasteiger charge is 2.01. The zero-order valence-corrected chi connectivity index (χ0v) is 5.81. The molecular weight excluding hydrogens is 146 g/mol. The molecule has 0 N–H and O–H groups in total. The molecule has 0 atom stereocenters. The minimum Gasteiger partial charge on any atom is -0.445 e. The Kier molecular flexibility index (Phi) is 1.02. The quantitative estimate of drug-likeness (QED) is 0.576. The van der Waals surface area contributed by atoms with Gasteiger partial charge in [-0.15, -0.1) is 11.3 Å². The molecule has 2 aromatic rings. The smallest absolute Gasteiger partial charge is 0.205 e. The molecule has 0 aliphatic rings. The van der Waals surface area contributed by atoms with Crippen LogP contribution in [0.5, 0.6) is 0 Å². The van der Waals surface area contributed by atoms with Crippen molar-refractivity contribution in [3.05, 3.63) is 23.3 Å². The van der Waals surface area contributed by atoms with Crippen LogP contribution in [0.1, 0.15) is 5.76 Å². The summed E-state index contributed by atoms with van der Waals surface area (Å²) in [5.74, 6) is 0.391. The first-order valence-electron chi connectivity index (χ1n) is 2.77. The summed E-state index contributed by atoms with van der Waals surface area (Å²) in [5.41, 5.74) is 0.807. The Labute approximate surface area is 61.3 Å². The van der Waals surface area contributed by atoms with Gasteiger partial charge in [0.1, 0.15) is 11.7 Å². The molecule has 2 heterocycles. The molecule has 48 valence electrons. The van der Waals surface area contributed by atoms with Gasteiger partial charge in [-0.2, -0.15) is 5.26 Å². The van der Waals surface area contributed by atoms with E-state index in [-0.39, 0.29) is 0 Å². The van der Waals surface area contributed by atoms with Crippen LogP contribution in [0.3, 0.4) is 0 Å². The zero-order valence-electron chi connectivity index (χ0n) is 5.00. The molecule has 0 spiro atoms. The molecule has 0 aromatic carbocycles. The summed E-state index contributed by atoms with van der Waals surface area (Å²) in [4.78, 5) is 0. The van der Waals surface area contributed by atoms with Crippen LogP contribution < -0.4 is 0 Å². The third-order valence-corrected chi connectivity index (χ3v) is 2.09. The predicted molar refractivity (Wildman–Crippen MR) is 38.8 cm³/mol. The van der Waals surface area contributed by atoms with Gasteiger partial charge in [-0.25, -0.2) is 0 Å². The van der Waals surface area contributed by atoms with E-state index in [2.05, 4.69) is 0 Å². The first-order valence-corrected chi connectivity index (χ1v) is 3.65. The van der Waals surface area contributed by atoms with Crippen LogP contribution in [-0.2, 0) is 0 Å². The van der Waals surface area contributed by atoms with E-state index in [0.29, 0.717) is 5.76 Å². The van der Waals surface area contributed by atoms with Gasteiger partial charge in [-0.05, 0) is 11.4 Å². The lowest BCUT2D eigenvalue weighted by atomic mass is 10.5. The molecule has 2 nitrogen and oxygen atoms in total. The number of hydrogen-bond donors (Lipinski definition) is 0. The third kappa shape index (κ3) is 0.630. The second kappa shape index (κ2) is 1.86. The minimum atomic E-state index is 0.391. The lowest BCUT2D eigenvalue weighted by Gasteiger charge is -1.71. The van der Waals surface area contributed by atoms with Gasteiger partial charge in [-0.3, -0.25) is 0 Å². The van der Waals surface area contributed by atoms with Crippen LogP contribution in [0.2, 0.25) is 0 Å². The number of rotatable bonds is 0. The van der Waals surface area contributed by atoms with E-state index >= 15 is 0 Å². The fourth-order valence-corrected chi connectivity index (χ4v) is 1.56. The molecule has 0 fully saturated rings. The number of hydrogen-bond acceptors (Lipinski definition) is 3. The Hall–Kier alpha value is -1.27. The Balaban J connectivity index is 2.81. The fourth-order valence-electron chi connectivity index (χ4n) is 0.821. The molecule has 0 unspecified atom stereocenters. The molecule has 0 saturated carbocycles. The highest BCUT2D eigenvalue weighted by atomic mass is 32.1. The minimum absolute atomic E-state index is 0.391. The molecular formula is C7H3NOS. The normalized spacial score (nSPS) is 9.90. The van der Waals surface area contributed by atoms with Crippen molar-refractivity contribution in [3.63, 3.8) is 0 Å². The van der Waals surface area contributed by atoms with Crippen LogP contribution in [0.25, 0.3) is 10.3 Å². The van der Waals surface area contributed by atoms with Crippen molar-refractivity contribution in [1.29, 1.82) is 5.26 Å². The van der Waals surface area contributed by atoms with Gasteiger partial charge in [-0.1, -0.05) is 0 Å². The lowest BCUT2D eigenvalue weighted by Crippen LogP contribution is -1.56. The van der Waals surface area contributed by atoms with Crippen LogP contribution in [-0.4, -0.2) is 0 Å². The molecule has 10 heavy (non-hydrogen) atoms. The fraction of sp³-hybridized carbons (Fsp3) is 0. The monoisotopic (exact) mass is 149 g/mol. The highest BCUT2D eigenvalue weighted by Crippen LogP contribution is 2.23.